The number of amides is 3. The lowest BCUT2D eigenvalue weighted by atomic mass is 9.96. The van der Waals surface area contributed by atoms with Crippen molar-refractivity contribution in [2.75, 3.05) is 0 Å². The first kappa shape index (κ1) is 17.5. The molecular weight excluding hydrogens is 316 g/mol. The molecule has 1 aromatic heterocycles. The SMILES string of the molecule is Cc1ccc(C(=O)O[C@@H](C)C(=O)NC(=O)NC2CCCCC2)s1. The number of nitrogens with one attached hydrogen (secondary N) is 2. The molecule has 0 bridgehead atoms. The van der Waals surface area contributed by atoms with E-state index in [0.717, 1.165) is 30.6 Å². The molecule has 0 aromatic carbocycles. The summed E-state index contributed by atoms with van der Waals surface area (Å²) >= 11 is 1.30. The predicted octanol–water partition coefficient (Wildman–Crippen LogP) is 2.76. The number of rotatable bonds is 4. The van der Waals surface area contributed by atoms with Crippen LogP contribution in [0.5, 0.6) is 0 Å². The van der Waals surface area contributed by atoms with Crippen molar-refractivity contribution in [2.45, 2.75) is 58.1 Å². The van der Waals surface area contributed by atoms with E-state index in [2.05, 4.69) is 10.6 Å². The Kier molecular flexibility index (Phi) is 6.15. The van der Waals surface area contributed by atoms with Gasteiger partial charge in [0.15, 0.2) is 6.10 Å². The van der Waals surface area contributed by atoms with Gasteiger partial charge in [0.2, 0.25) is 0 Å². The van der Waals surface area contributed by atoms with Crippen LogP contribution >= 0.6 is 11.3 Å². The minimum absolute atomic E-state index is 0.114. The van der Waals surface area contributed by atoms with E-state index in [1.54, 1.807) is 6.07 Å². The quantitative estimate of drug-likeness (QED) is 0.827. The first-order valence-corrected chi connectivity index (χ1v) is 8.66. The van der Waals surface area contributed by atoms with Gasteiger partial charge in [-0.2, -0.15) is 0 Å². The highest BCUT2D eigenvalue weighted by molar-refractivity contribution is 7.13. The summed E-state index contributed by atoms with van der Waals surface area (Å²) in [7, 11) is 0. The summed E-state index contributed by atoms with van der Waals surface area (Å²) < 4.78 is 5.08. The largest absolute Gasteiger partial charge is 0.448 e. The number of ether oxygens (including phenoxy) is 1. The van der Waals surface area contributed by atoms with Crippen molar-refractivity contribution in [3.8, 4) is 0 Å². The lowest BCUT2D eigenvalue weighted by Crippen LogP contribution is -2.48. The van der Waals surface area contributed by atoms with Crippen LogP contribution < -0.4 is 10.6 Å². The number of hydrogen-bond donors (Lipinski definition) is 2. The average Bonchev–Trinajstić information content (AvgIpc) is 2.94. The van der Waals surface area contributed by atoms with E-state index in [-0.39, 0.29) is 6.04 Å². The molecule has 2 rings (SSSR count). The first-order valence-electron chi connectivity index (χ1n) is 7.84. The fraction of sp³-hybridized carbons (Fsp3) is 0.562. The minimum Gasteiger partial charge on any atom is -0.448 e. The van der Waals surface area contributed by atoms with Crippen molar-refractivity contribution in [1.29, 1.82) is 0 Å². The van der Waals surface area contributed by atoms with Crippen LogP contribution in [0.1, 0.15) is 53.6 Å². The number of carbonyl (C=O) groups excluding carboxylic acids is 3. The van der Waals surface area contributed by atoms with E-state index in [0.29, 0.717) is 4.88 Å². The smallest absolute Gasteiger partial charge is 0.349 e. The second-order valence-electron chi connectivity index (χ2n) is 5.76. The number of esters is 1. The summed E-state index contributed by atoms with van der Waals surface area (Å²) in [6.07, 6.45) is 4.21. The molecule has 1 heterocycles. The molecule has 1 fully saturated rings. The zero-order valence-electron chi connectivity index (χ0n) is 13.4. The third-order valence-corrected chi connectivity index (χ3v) is 4.75. The molecular formula is C16H22N2O4S. The van der Waals surface area contributed by atoms with Crippen LogP contribution in [-0.2, 0) is 9.53 Å². The van der Waals surface area contributed by atoms with Gasteiger partial charge in [0.25, 0.3) is 5.91 Å². The van der Waals surface area contributed by atoms with E-state index in [1.165, 1.54) is 24.7 Å². The van der Waals surface area contributed by atoms with Gasteiger partial charge in [-0.1, -0.05) is 19.3 Å². The van der Waals surface area contributed by atoms with E-state index in [9.17, 15) is 14.4 Å². The molecule has 1 aliphatic carbocycles. The maximum atomic E-state index is 11.9. The highest BCUT2D eigenvalue weighted by atomic mass is 32.1. The van der Waals surface area contributed by atoms with Crippen LogP contribution in [0.2, 0.25) is 0 Å². The Bertz CT molecular complexity index is 578. The second-order valence-corrected chi connectivity index (χ2v) is 7.04. The van der Waals surface area contributed by atoms with Crippen LogP contribution in [-0.4, -0.2) is 30.1 Å². The summed E-state index contributed by atoms with van der Waals surface area (Å²) in [5, 5.41) is 5.01. The van der Waals surface area contributed by atoms with E-state index >= 15 is 0 Å². The lowest BCUT2D eigenvalue weighted by Gasteiger charge is -2.23. The molecule has 6 nitrogen and oxygen atoms in total. The monoisotopic (exact) mass is 338 g/mol. The summed E-state index contributed by atoms with van der Waals surface area (Å²) in [4.78, 5) is 37.0. The van der Waals surface area contributed by atoms with E-state index < -0.39 is 24.0 Å². The van der Waals surface area contributed by atoms with E-state index in [1.807, 2.05) is 13.0 Å². The minimum atomic E-state index is -1.03. The standard InChI is InChI=1S/C16H22N2O4S/c1-10-8-9-13(23-10)15(20)22-11(2)14(19)18-16(21)17-12-6-4-3-5-7-12/h8-9,11-12H,3-7H2,1-2H3,(H2,17,18,19,21)/t11-/m0/s1. The molecule has 0 unspecified atom stereocenters. The summed E-state index contributed by atoms with van der Waals surface area (Å²) in [6.45, 7) is 3.33. The lowest BCUT2D eigenvalue weighted by molar-refractivity contribution is -0.127. The van der Waals surface area contributed by atoms with Crippen LogP contribution in [0, 0.1) is 6.92 Å². The number of carbonyl (C=O) groups is 3. The third kappa shape index (κ3) is 5.35. The van der Waals surface area contributed by atoms with Crippen molar-refractivity contribution in [3.63, 3.8) is 0 Å². The maximum Gasteiger partial charge on any atom is 0.349 e. The van der Waals surface area contributed by atoms with Crippen LogP contribution in [0.25, 0.3) is 0 Å². The fourth-order valence-electron chi connectivity index (χ4n) is 2.50. The van der Waals surface area contributed by atoms with Gasteiger partial charge in [-0.15, -0.1) is 11.3 Å². The molecule has 0 aliphatic heterocycles. The van der Waals surface area contributed by atoms with E-state index in [4.69, 9.17) is 4.74 Å². The number of aryl methyl sites for hydroxylation is 1. The number of hydrogen-bond acceptors (Lipinski definition) is 5. The van der Waals surface area contributed by atoms with Crippen LogP contribution in [0.15, 0.2) is 12.1 Å². The first-order chi connectivity index (χ1) is 11.0. The zero-order chi connectivity index (χ0) is 16.8. The molecule has 7 heteroatoms. The Morgan fingerprint density at radius 1 is 1.22 bits per heavy atom. The molecule has 2 N–H and O–H groups in total. The second kappa shape index (κ2) is 8.10. The van der Waals surface area contributed by atoms with Crippen molar-refractivity contribution in [1.82, 2.24) is 10.6 Å². The van der Waals surface area contributed by atoms with Gasteiger partial charge in [-0.3, -0.25) is 10.1 Å². The Morgan fingerprint density at radius 2 is 1.91 bits per heavy atom. The summed E-state index contributed by atoms with van der Waals surface area (Å²) in [5.41, 5.74) is 0. The third-order valence-electron chi connectivity index (χ3n) is 3.77. The van der Waals surface area contributed by atoms with Gasteiger partial charge in [-0.25, -0.2) is 9.59 Å². The Balaban J connectivity index is 1.77. The molecule has 1 saturated carbocycles. The predicted molar refractivity (Wildman–Crippen MR) is 87.5 cm³/mol. The van der Waals surface area contributed by atoms with Gasteiger partial charge >= 0.3 is 12.0 Å². The fourth-order valence-corrected chi connectivity index (χ4v) is 3.25. The normalized spacial score (nSPS) is 16.4. The summed E-state index contributed by atoms with van der Waals surface area (Å²) in [6, 6.07) is 3.05. The molecule has 0 saturated heterocycles. The Labute approximate surface area is 139 Å². The molecule has 3 amide bonds. The van der Waals surface area contributed by atoms with Gasteiger partial charge in [0.1, 0.15) is 4.88 Å². The molecule has 1 aliphatic rings. The Morgan fingerprint density at radius 3 is 2.52 bits per heavy atom. The number of thiophene rings is 1. The van der Waals surface area contributed by atoms with Gasteiger partial charge in [0, 0.05) is 10.9 Å². The van der Waals surface area contributed by atoms with Crippen molar-refractivity contribution >= 4 is 29.2 Å². The van der Waals surface area contributed by atoms with Crippen molar-refractivity contribution < 1.29 is 19.1 Å². The molecule has 126 valence electrons. The van der Waals surface area contributed by atoms with Crippen molar-refractivity contribution in [2.24, 2.45) is 0 Å². The van der Waals surface area contributed by atoms with Gasteiger partial charge in [0.05, 0.1) is 0 Å². The number of imide groups is 1. The molecule has 23 heavy (non-hydrogen) atoms. The van der Waals surface area contributed by atoms with Crippen LogP contribution in [0.4, 0.5) is 4.79 Å². The molecule has 0 radical (unpaired) electrons. The number of urea groups is 1. The maximum absolute atomic E-state index is 11.9. The zero-order valence-corrected chi connectivity index (χ0v) is 14.2. The van der Waals surface area contributed by atoms with Gasteiger partial charge in [-0.05, 0) is 38.8 Å². The topological polar surface area (TPSA) is 84.5 Å². The van der Waals surface area contributed by atoms with Crippen LogP contribution in [0.3, 0.4) is 0 Å². The highest BCUT2D eigenvalue weighted by Gasteiger charge is 2.23. The Hall–Kier alpha value is -1.89. The van der Waals surface area contributed by atoms with Crippen molar-refractivity contribution in [3.05, 3.63) is 21.9 Å². The highest BCUT2D eigenvalue weighted by Crippen LogP contribution is 2.18. The molecule has 1 atom stereocenters. The van der Waals surface area contributed by atoms with Gasteiger partial charge < -0.3 is 10.1 Å². The average molecular weight is 338 g/mol. The molecule has 0 spiro atoms. The summed E-state index contributed by atoms with van der Waals surface area (Å²) in [5.74, 6) is -1.18. The molecule has 1 aromatic rings.